The zero-order chi connectivity index (χ0) is 23.0. The van der Waals surface area contributed by atoms with Crippen molar-refractivity contribution in [3.63, 3.8) is 0 Å². The molecule has 2 aromatic heterocycles. The first-order valence-electron chi connectivity index (χ1n) is 10.7. The second kappa shape index (κ2) is 10.9. The van der Waals surface area contributed by atoms with E-state index in [0.29, 0.717) is 18.2 Å². The summed E-state index contributed by atoms with van der Waals surface area (Å²) in [6.07, 6.45) is 1.64. The first-order chi connectivity index (χ1) is 16.1. The van der Waals surface area contributed by atoms with E-state index in [4.69, 9.17) is 9.15 Å². The number of aryl methyl sites for hydroxylation is 2. The Labute approximate surface area is 197 Å². The zero-order valence-electron chi connectivity index (χ0n) is 18.7. The molecule has 8 heteroatoms. The first kappa shape index (κ1) is 22.7. The van der Waals surface area contributed by atoms with Crippen LogP contribution >= 0.6 is 11.8 Å². The summed E-state index contributed by atoms with van der Waals surface area (Å²) in [6.45, 7) is 5.38. The van der Waals surface area contributed by atoms with Gasteiger partial charge in [0.15, 0.2) is 11.0 Å². The molecule has 0 aliphatic heterocycles. The number of thioether (sulfide) groups is 1. The van der Waals surface area contributed by atoms with Gasteiger partial charge in [0.05, 0.1) is 25.1 Å². The zero-order valence-corrected chi connectivity index (χ0v) is 19.5. The fourth-order valence-electron chi connectivity index (χ4n) is 3.36. The normalized spacial score (nSPS) is 10.8. The number of esters is 1. The van der Waals surface area contributed by atoms with Crippen LogP contribution in [0.5, 0.6) is 0 Å². The van der Waals surface area contributed by atoms with Crippen molar-refractivity contribution in [3.05, 3.63) is 95.2 Å². The van der Waals surface area contributed by atoms with E-state index in [2.05, 4.69) is 47.6 Å². The van der Waals surface area contributed by atoms with E-state index in [-0.39, 0.29) is 18.3 Å². The molecule has 1 N–H and O–H groups in total. The molecule has 2 heterocycles. The van der Waals surface area contributed by atoms with Crippen molar-refractivity contribution in [2.75, 3.05) is 11.1 Å². The topological polar surface area (TPSA) is 82.2 Å². The molecule has 4 rings (SSSR count). The average molecular weight is 463 g/mol. The summed E-state index contributed by atoms with van der Waals surface area (Å²) in [6, 6.07) is 19.7. The summed E-state index contributed by atoms with van der Waals surface area (Å²) in [5.74, 6) is 1.39. The second-order valence-electron chi connectivity index (χ2n) is 7.67. The summed E-state index contributed by atoms with van der Waals surface area (Å²) in [4.78, 5) is 12.3. The predicted octanol–water partition coefficient (Wildman–Crippen LogP) is 4.98. The molecule has 4 aromatic rings. The van der Waals surface area contributed by atoms with E-state index < -0.39 is 0 Å². The third-order valence-electron chi connectivity index (χ3n) is 5.07. The van der Waals surface area contributed by atoms with Crippen molar-refractivity contribution < 1.29 is 13.9 Å². The van der Waals surface area contributed by atoms with Crippen molar-refractivity contribution >= 4 is 23.4 Å². The SMILES string of the molecule is Cc1ccc(NCc2nnc(SCC(=O)OCc3ccccc3)n2Cc2ccco2)c(C)c1. The molecule has 0 aliphatic rings. The third kappa shape index (κ3) is 6.26. The molecule has 170 valence electrons. The molecule has 7 nitrogen and oxygen atoms in total. The van der Waals surface area contributed by atoms with Gasteiger partial charge in [-0.3, -0.25) is 9.36 Å². The van der Waals surface area contributed by atoms with Crippen LogP contribution in [0, 0.1) is 13.8 Å². The Balaban J connectivity index is 1.42. The van der Waals surface area contributed by atoms with Gasteiger partial charge in [-0.1, -0.05) is 59.8 Å². The Kier molecular flexibility index (Phi) is 7.47. The lowest BCUT2D eigenvalue weighted by Gasteiger charge is -2.12. The highest BCUT2D eigenvalue weighted by Gasteiger charge is 2.16. The minimum Gasteiger partial charge on any atom is -0.467 e. The van der Waals surface area contributed by atoms with Gasteiger partial charge in [-0.25, -0.2) is 0 Å². The third-order valence-corrected chi connectivity index (χ3v) is 6.01. The predicted molar refractivity (Wildman–Crippen MR) is 128 cm³/mol. The quantitative estimate of drug-likeness (QED) is 0.263. The van der Waals surface area contributed by atoms with Gasteiger partial charge in [0.2, 0.25) is 0 Å². The van der Waals surface area contributed by atoms with Crippen molar-refractivity contribution in [2.24, 2.45) is 0 Å². The molecule has 0 unspecified atom stereocenters. The molecule has 0 aliphatic carbocycles. The number of anilines is 1. The highest BCUT2D eigenvalue weighted by molar-refractivity contribution is 7.99. The van der Waals surface area contributed by atoms with Gasteiger partial charge in [0.25, 0.3) is 0 Å². The smallest absolute Gasteiger partial charge is 0.316 e. The molecule has 0 spiro atoms. The van der Waals surface area contributed by atoms with E-state index in [0.717, 1.165) is 22.8 Å². The second-order valence-corrected chi connectivity index (χ2v) is 8.61. The fourth-order valence-corrected chi connectivity index (χ4v) is 4.12. The number of ether oxygens (including phenoxy) is 1. The molecule has 0 bridgehead atoms. The van der Waals surface area contributed by atoms with E-state index in [1.54, 1.807) is 6.26 Å². The number of nitrogens with zero attached hydrogens (tertiary/aromatic N) is 3. The van der Waals surface area contributed by atoms with Crippen LogP contribution in [-0.2, 0) is 29.2 Å². The Bertz CT molecular complexity index is 1190. The number of hydrogen-bond donors (Lipinski definition) is 1. The van der Waals surface area contributed by atoms with Crippen LogP contribution in [0.1, 0.15) is 28.3 Å². The van der Waals surface area contributed by atoms with Gasteiger partial charge < -0.3 is 14.5 Å². The molecular weight excluding hydrogens is 436 g/mol. The van der Waals surface area contributed by atoms with Gasteiger partial charge >= 0.3 is 5.97 Å². The largest absolute Gasteiger partial charge is 0.467 e. The van der Waals surface area contributed by atoms with E-state index >= 15 is 0 Å². The summed E-state index contributed by atoms with van der Waals surface area (Å²) in [5, 5.41) is 12.8. The maximum absolute atomic E-state index is 12.3. The number of rotatable bonds is 10. The van der Waals surface area contributed by atoms with Crippen molar-refractivity contribution in [1.82, 2.24) is 14.8 Å². The number of carbonyl (C=O) groups is 1. The molecule has 2 aromatic carbocycles. The fraction of sp³-hybridized carbons (Fsp3) is 0.240. The lowest BCUT2D eigenvalue weighted by atomic mass is 10.1. The average Bonchev–Trinajstić information content (AvgIpc) is 3.47. The lowest BCUT2D eigenvalue weighted by molar-refractivity contribution is -0.141. The van der Waals surface area contributed by atoms with Crippen LogP contribution in [0.3, 0.4) is 0 Å². The van der Waals surface area contributed by atoms with Gasteiger partial charge in [-0.15, -0.1) is 10.2 Å². The molecular formula is C25H26N4O3S. The first-order valence-corrected chi connectivity index (χ1v) is 11.6. The van der Waals surface area contributed by atoms with Crippen LogP contribution in [-0.4, -0.2) is 26.5 Å². The number of hydrogen-bond acceptors (Lipinski definition) is 7. The number of carbonyl (C=O) groups excluding carboxylic acids is 1. The van der Waals surface area contributed by atoms with Crippen molar-refractivity contribution in [3.8, 4) is 0 Å². The van der Waals surface area contributed by atoms with E-state index in [9.17, 15) is 4.79 Å². The van der Waals surface area contributed by atoms with Crippen LogP contribution in [0.2, 0.25) is 0 Å². The van der Waals surface area contributed by atoms with Crippen molar-refractivity contribution in [1.29, 1.82) is 0 Å². The summed E-state index contributed by atoms with van der Waals surface area (Å²) in [7, 11) is 0. The van der Waals surface area contributed by atoms with Crippen LogP contribution in [0.25, 0.3) is 0 Å². The summed E-state index contributed by atoms with van der Waals surface area (Å²) in [5.41, 5.74) is 4.39. The number of furan rings is 1. The molecule has 0 amide bonds. The van der Waals surface area contributed by atoms with E-state index in [1.807, 2.05) is 47.0 Å². The van der Waals surface area contributed by atoms with Crippen LogP contribution < -0.4 is 5.32 Å². The highest BCUT2D eigenvalue weighted by atomic mass is 32.2. The maximum atomic E-state index is 12.3. The van der Waals surface area contributed by atoms with Crippen LogP contribution in [0.4, 0.5) is 5.69 Å². The van der Waals surface area contributed by atoms with Gasteiger partial charge in [-0.2, -0.15) is 0 Å². The minimum absolute atomic E-state index is 0.146. The molecule has 0 fully saturated rings. The van der Waals surface area contributed by atoms with Gasteiger partial charge in [0.1, 0.15) is 12.4 Å². The highest BCUT2D eigenvalue weighted by Crippen LogP contribution is 2.21. The number of benzene rings is 2. The molecule has 0 saturated heterocycles. The molecule has 0 atom stereocenters. The van der Waals surface area contributed by atoms with Crippen LogP contribution in [0.15, 0.2) is 76.5 Å². The number of aromatic nitrogens is 3. The van der Waals surface area contributed by atoms with Gasteiger partial charge in [-0.05, 0) is 43.2 Å². The lowest BCUT2D eigenvalue weighted by Crippen LogP contribution is -2.12. The standard InChI is InChI=1S/C25H26N4O3S/c1-18-10-11-22(19(2)13-18)26-14-23-27-28-25(29(23)15-21-9-6-12-31-21)33-17-24(30)32-16-20-7-4-3-5-8-20/h3-13,26H,14-17H2,1-2H3. The maximum Gasteiger partial charge on any atom is 0.316 e. The summed E-state index contributed by atoms with van der Waals surface area (Å²) < 4.78 is 12.9. The van der Waals surface area contributed by atoms with Gasteiger partial charge in [0, 0.05) is 5.69 Å². The van der Waals surface area contributed by atoms with Crippen molar-refractivity contribution in [2.45, 2.75) is 38.7 Å². The molecule has 33 heavy (non-hydrogen) atoms. The Morgan fingerprint density at radius 1 is 1.09 bits per heavy atom. The Morgan fingerprint density at radius 2 is 1.94 bits per heavy atom. The molecule has 0 saturated carbocycles. The molecule has 0 radical (unpaired) electrons. The monoisotopic (exact) mass is 462 g/mol. The Morgan fingerprint density at radius 3 is 2.70 bits per heavy atom. The summed E-state index contributed by atoms with van der Waals surface area (Å²) >= 11 is 1.31. The number of nitrogens with one attached hydrogen (secondary N) is 1. The van der Waals surface area contributed by atoms with E-state index in [1.165, 1.54) is 22.9 Å². The Hall–Kier alpha value is -3.52. The minimum atomic E-state index is -0.300.